The Morgan fingerprint density at radius 3 is 2.66 bits per heavy atom. The van der Waals surface area contributed by atoms with Gasteiger partial charge in [0.2, 0.25) is 5.91 Å². The SMILES string of the molecule is C[C@]12CC[C@H](NC(=O)CN)C[C@H]1CC[C@@H]1[C@@H]2C[C@@H](O)[C@]2(C)[C@@H](C3=CC(=O)OC3)CC[C@]12O. The van der Waals surface area contributed by atoms with Crippen LogP contribution in [0.4, 0.5) is 0 Å². The first-order valence-electron chi connectivity index (χ1n) is 12.4. The topological polar surface area (TPSA) is 122 Å². The van der Waals surface area contributed by atoms with Crippen molar-refractivity contribution in [1.82, 2.24) is 5.32 Å². The maximum Gasteiger partial charge on any atom is 0.331 e. The van der Waals surface area contributed by atoms with Crippen LogP contribution in [0.15, 0.2) is 11.6 Å². The van der Waals surface area contributed by atoms with Crippen LogP contribution in [0, 0.1) is 34.5 Å². The summed E-state index contributed by atoms with van der Waals surface area (Å²) in [5, 5.41) is 26.9. The first kappa shape index (κ1) is 22.4. The number of carbonyl (C=O) groups is 2. The van der Waals surface area contributed by atoms with Crippen LogP contribution in [0.1, 0.15) is 65.2 Å². The lowest BCUT2D eigenvalue weighted by molar-refractivity contribution is -0.243. The number of rotatable bonds is 3. The van der Waals surface area contributed by atoms with Crippen molar-refractivity contribution >= 4 is 11.9 Å². The summed E-state index contributed by atoms with van der Waals surface area (Å²) < 4.78 is 5.18. The quantitative estimate of drug-likeness (QED) is 0.489. The number of aliphatic hydroxyl groups excluding tert-OH is 1. The Morgan fingerprint density at radius 1 is 1.19 bits per heavy atom. The van der Waals surface area contributed by atoms with E-state index < -0.39 is 17.1 Å². The Bertz CT molecular complexity index is 844. The van der Waals surface area contributed by atoms with Gasteiger partial charge in [0.25, 0.3) is 0 Å². The van der Waals surface area contributed by atoms with Gasteiger partial charge >= 0.3 is 5.97 Å². The van der Waals surface area contributed by atoms with Crippen LogP contribution in [0.2, 0.25) is 0 Å². The zero-order valence-electron chi connectivity index (χ0n) is 19.3. The van der Waals surface area contributed by atoms with Crippen LogP contribution in [0.5, 0.6) is 0 Å². The molecule has 9 atom stereocenters. The molecule has 0 bridgehead atoms. The fraction of sp³-hybridized carbons (Fsp3) is 0.840. The number of hydrogen-bond acceptors (Lipinski definition) is 6. The molecule has 4 fully saturated rings. The molecule has 7 nitrogen and oxygen atoms in total. The molecular weight excluding hydrogens is 408 g/mol. The van der Waals surface area contributed by atoms with Crippen molar-refractivity contribution in [2.24, 2.45) is 40.2 Å². The minimum Gasteiger partial charge on any atom is -0.458 e. The van der Waals surface area contributed by atoms with Crippen molar-refractivity contribution in [2.75, 3.05) is 13.2 Å². The van der Waals surface area contributed by atoms with E-state index in [-0.39, 0.29) is 54.2 Å². The van der Waals surface area contributed by atoms with E-state index in [0.29, 0.717) is 18.8 Å². The number of ether oxygens (including phenoxy) is 1. The molecule has 5 rings (SSSR count). The van der Waals surface area contributed by atoms with E-state index in [1.54, 1.807) is 6.08 Å². The highest BCUT2D eigenvalue weighted by atomic mass is 16.5. The highest BCUT2D eigenvalue weighted by Crippen LogP contribution is 2.69. The number of amides is 1. The molecule has 178 valence electrons. The van der Waals surface area contributed by atoms with Gasteiger partial charge < -0.3 is 26.0 Å². The van der Waals surface area contributed by atoms with Crippen LogP contribution in [-0.2, 0) is 14.3 Å². The zero-order valence-corrected chi connectivity index (χ0v) is 19.3. The second kappa shape index (κ2) is 7.54. The Labute approximate surface area is 190 Å². The van der Waals surface area contributed by atoms with E-state index in [9.17, 15) is 19.8 Å². The normalized spacial score (nSPS) is 50.0. The van der Waals surface area contributed by atoms with Gasteiger partial charge in [-0.2, -0.15) is 0 Å². The summed E-state index contributed by atoms with van der Waals surface area (Å²) in [6.07, 6.45) is 7.93. The summed E-state index contributed by atoms with van der Waals surface area (Å²) in [7, 11) is 0. The molecule has 0 aromatic carbocycles. The number of nitrogens with one attached hydrogen (secondary N) is 1. The lowest BCUT2D eigenvalue weighted by atomic mass is 9.42. The minimum atomic E-state index is -0.939. The molecule has 0 aromatic rings. The fourth-order valence-electron chi connectivity index (χ4n) is 8.81. The largest absolute Gasteiger partial charge is 0.458 e. The van der Waals surface area contributed by atoms with E-state index in [0.717, 1.165) is 44.1 Å². The van der Waals surface area contributed by atoms with Crippen LogP contribution in [-0.4, -0.2) is 53.0 Å². The highest BCUT2D eigenvalue weighted by Gasteiger charge is 2.70. The van der Waals surface area contributed by atoms with Gasteiger partial charge in [-0.3, -0.25) is 4.79 Å². The molecule has 0 saturated heterocycles. The molecule has 1 amide bonds. The van der Waals surface area contributed by atoms with Crippen molar-refractivity contribution in [1.29, 1.82) is 0 Å². The van der Waals surface area contributed by atoms with E-state index in [1.807, 2.05) is 6.92 Å². The lowest BCUT2D eigenvalue weighted by Crippen LogP contribution is -2.67. The average molecular weight is 447 g/mol. The van der Waals surface area contributed by atoms with Gasteiger partial charge in [0, 0.05) is 17.5 Å². The predicted molar refractivity (Wildman–Crippen MR) is 118 cm³/mol. The van der Waals surface area contributed by atoms with Crippen molar-refractivity contribution < 1.29 is 24.5 Å². The maximum absolute atomic E-state index is 12.3. The van der Waals surface area contributed by atoms with Crippen LogP contribution < -0.4 is 11.1 Å². The van der Waals surface area contributed by atoms with Gasteiger partial charge in [0.15, 0.2) is 0 Å². The molecule has 1 heterocycles. The van der Waals surface area contributed by atoms with Gasteiger partial charge in [0.05, 0.1) is 18.2 Å². The molecule has 4 saturated carbocycles. The van der Waals surface area contributed by atoms with Gasteiger partial charge in [-0.25, -0.2) is 4.79 Å². The number of fused-ring (bicyclic) bond motifs is 5. The van der Waals surface area contributed by atoms with Crippen LogP contribution in [0.3, 0.4) is 0 Å². The molecule has 5 aliphatic rings. The van der Waals surface area contributed by atoms with Crippen LogP contribution >= 0.6 is 0 Å². The number of hydrogen-bond donors (Lipinski definition) is 4. The molecule has 0 unspecified atom stereocenters. The summed E-state index contributed by atoms with van der Waals surface area (Å²) in [6.45, 7) is 4.70. The minimum absolute atomic E-state index is 0.0230. The molecule has 0 radical (unpaired) electrons. The first-order valence-corrected chi connectivity index (χ1v) is 12.4. The van der Waals surface area contributed by atoms with Crippen molar-refractivity contribution in [3.8, 4) is 0 Å². The third-order valence-corrected chi connectivity index (χ3v) is 10.6. The monoisotopic (exact) mass is 446 g/mol. The Kier molecular flexibility index (Phi) is 5.27. The zero-order chi connectivity index (χ0) is 22.9. The van der Waals surface area contributed by atoms with Gasteiger partial charge in [-0.05, 0) is 86.0 Å². The Hall–Kier alpha value is -1.44. The molecule has 0 aromatic heterocycles. The predicted octanol–water partition coefficient (Wildman–Crippen LogP) is 1.66. The molecule has 7 heteroatoms. The van der Waals surface area contributed by atoms with Gasteiger partial charge in [-0.1, -0.05) is 13.8 Å². The molecule has 32 heavy (non-hydrogen) atoms. The standard InChI is InChI=1S/C25H38N2O5/c1-23-7-5-16(27-21(29)12-26)10-15(23)3-4-18-19(23)11-20(28)24(2)17(6-8-25(18,24)31)14-9-22(30)32-13-14/h9,15-20,28,31H,3-8,10-13,26H2,1-2H3,(H,27,29)/t15-,16+,17-,18-,19+,20-,23+,24+,25+/m1/s1. The second-order valence-electron chi connectivity index (χ2n) is 11.6. The smallest absolute Gasteiger partial charge is 0.331 e. The van der Waals surface area contributed by atoms with Gasteiger partial charge in [-0.15, -0.1) is 0 Å². The number of aliphatic hydroxyl groups is 2. The van der Waals surface area contributed by atoms with E-state index in [4.69, 9.17) is 10.5 Å². The number of cyclic esters (lactones) is 1. The molecular formula is C25H38N2O5. The second-order valence-corrected chi connectivity index (χ2v) is 11.6. The summed E-state index contributed by atoms with van der Waals surface area (Å²) in [4.78, 5) is 23.5. The van der Waals surface area contributed by atoms with E-state index in [2.05, 4.69) is 12.2 Å². The van der Waals surface area contributed by atoms with Crippen molar-refractivity contribution in [3.63, 3.8) is 0 Å². The van der Waals surface area contributed by atoms with Crippen LogP contribution in [0.25, 0.3) is 0 Å². The highest BCUT2D eigenvalue weighted by molar-refractivity contribution is 5.85. The number of nitrogens with two attached hydrogens (primary N) is 1. The Morgan fingerprint density at radius 2 is 1.97 bits per heavy atom. The summed E-state index contributed by atoms with van der Waals surface area (Å²) >= 11 is 0. The lowest BCUT2D eigenvalue weighted by Gasteiger charge is -2.65. The van der Waals surface area contributed by atoms with Crippen molar-refractivity contribution in [3.05, 3.63) is 11.6 Å². The fourth-order valence-corrected chi connectivity index (χ4v) is 8.81. The molecule has 4 aliphatic carbocycles. The molecule has 0 spiro atoms. The third kappa shape index (κ3) is 2.96. The Balaban J connectivity index is 1.41. The number of carbonyl (C=O) groups excluding carboxylic acids is 2. The molecule has 5 N–H and O–H groups in total. The van der Waals surface area contributed by atoms with E-state index in [1.165, 1.54) is 0 Å². The number of esters is 1. The summed E-state index contributed by atoms with van der Waals surface area (Å²) in [6, 6.07) is 0.172. The summed E-state index contributed by atoms with van der Waals surface area (Å²) in [5.74, 6) is 0.453. The third-order valence-electron chi connectivity index (χ3n) is 10.6. The van der Waals surface area contributed by atoms with Crippen molar-refractivity contribution in [2.45, 2.75) is 83.0 Å². The van der Waals surface area contributed by atoms with Gasteiger partial charge in [0.1, 0.15) is 6.61 Å². The first-order chi connectivity index (χ1) is 15.1. The average Bonchev–Trinajstić information content (AvgIpc) is 3.30. The summed E-state index contributed by atoms with van der Waals surface area (Å²) in [5.41, 5.74) is 4.87. The van der Waals surface area contributed by atoms with E-state index >= 15 is 0 Å². The molecule has 1 aliphatic heterocycles. The maximum atomic E-state index is 12.3.